The second kappa shape index (κ2) is 8.77. The number of nitrogens with zero attached hydrogens (tertiary/aromatic N) is 3. The topological polar surface area (TPSA) is 99.7 Å². The van der Waals surface area contributed by atoms with E-state index in [2.05, 4.69) is 31.3 Å². The van der Waals surface area contributed by atoms with Gasteiger partial charge >= 0.3 is 0 Å². The van der Waals surface area contributed by atoms with Gasteiger partial charge in [-0.2, -0.15) is 5.11 Å². The van der Waals surface area contributed by atoms with E-state index in [1.807, 2.05) is 73.8 Å². The monoisotopic (exact) mass is 417 g/mol. The van der Waals surface area contributed by atoms with Gasteiger partial charge in [-0.25, -0.2) is 4.98 Å². The van der Waals surface area contributed by atoms with Crippen LogP contribution in [0.3, 0.4) is 0 Å². The number of nitrogen functional groups attached to an aromatic ring is 1. The van der Waals surface area contributed by atoms with Crippen LogP contribution in [0.4, 0.5) is 34.3 Å². The lowest BCUT2D eigenvalue weighted by Crippen LogP contribution is -2.09. The predicted molar refractivity (Wildman–Crippen MR) is 124 cm³/mol. The highest BCUT2D eigenvalue weighted by molar-refractivity contribution is 6.31. The summed E-state index contributed by atoms with van der Waals surface area (Å²) in [7, 11) is 1.82. The molecule has 3 aromatic carbocycles. The van der Waals surface area contributed by atoms with Crippen LogP contribution < -0.4 is 21.9 Å². The smallest absolute Gasteiger partial charge is 0.138 e. The standard InChI is InChI=1S/C22H20ClN7/c1-25-19-6-3-7-20(21(19)28-24)30-29-17-5-2-4-16(13-17)27-22-18-12-15(23)9-8-14(18)10-11-26-22/h2-13,25,28H,24H2,1H3,(H,26,27). The Bertz CT molecular complexity index is 1220. The third-order valence-corrected chi connectivity index (χ3v) is 4.80. The van der Waals surface area contributed by atoms with Gasteiger partial charge in [-0.1, -0.05) is 29.8 Å². The molecule has 8 heteroatoms. The molecule has 150 valence electrons. The van der Waals surface area contributed by atoms with Crippen molar-refractivity contribution in [2.24, 2.45) is 16.1 Å². The molecule has 5 N–H and O–H groups in total. The number of rotatable bonds is 6. The summed E-state index contributed by atoms with van der Waals surface area (Å²) in [5.74, 6) is 6.37. The van der Waals surface area contributed by atoms with Gasteiger partial charge < -0.3 is 16.1 Å². The maximum absolute atomic E-state index is 6.16. The van der Waals surface area contributed by atoms with Crippen LogP contribution in [-0.4, -0.2) is 12.0 Å². The van der Waals surface area contributed by atoms with Crippen molar-refractivity contribution in [1.82, 2.24) is 4.98 Å². The highest BCUT2D eigenvalue weighted by atomic mass is 35.5. The first-order valence-electron chi connectivity index (χ1n) is 9.28. The summed E-state index contributed by atoms with van der Waals surface area (Å²) in [6.45, 7) is 0. The first kappa shape index (κ1) is 19.6. The molecule has 4 aromatic rings. The van der Waals surface area contributed by atoms with E-state index in [1.54, 1.807) is 6.20 Å². The molecule has 0 radical (unpaired) electrons. The number of benzene rings is 3. The van der Waals surface area contributed by atoms with Gasteiger partial charge in [-0.3, -0.25) is 5.84 Å². The van der Waals surface area contributed by atoms with E-state index in [0.717, 1.165) is 28.0 Å². The van der Waals surface area contributed by atoms with E-state index in [1.165, 1.54) is 0 Å². The first-order valence-corrected chi connectivity index (χ1v) is 9.66. The van der Waals surface area contributed by atoms with Crippen molar-refractivity contribution >= 4 is 56.6 Å². The molecule has 0 aliphatic carbocycles. The first-order chi connectivity index (χ1) is 14.7. The number of aromatic nitrogens is 1. The van der Waals surface area contributed by atoms with Crippen LogP contribution in [0.2, 0.25) is 5.02 Å². The molecule has 4 rings (SSSR count). The lowest BCUT2D eigenvalue weighted by atomic mass is 10.1. The van der Waals surface area contributed by atoms with E-state index in [9.17, 15) is 0 Å². The van der Waals surface area contributed by atoms with Crippen LogP contribution in [0.25, 0.3) is 10.8 Å². The zero-order valence-electron chi connectivity index (χ0n) is 16.2. The third-order valence-electron chi connectivity index (χ3n) is 4.57. The van der Waals surface area contributed by atoms with Crippen LogP contribution >= 0.6 is 11.6 Å². The number of hydrogen-bond acceptors (Lipinski definition) is 7. The van der Waals surface area contributed by atoms with Crippen LogP contribution in [0.1, 0.15) is 0 Å². The SMILES string of the molecule is CNc1cccc(N=Nc2cccc(Nc3nccc4ccc(Cl)cc34)c2)c1NN. The van der Waals surface area contributed by atoms with Crippen molar-refractivity contribution in [3.63, 3.8) is 0 Å². The number of nitrogens with two attached hydrogens (primary N) is 1. The molecule has 0 aliphatic heterocycles. The van der Waals surface area contributed by atoms with E-state index in [-0.39, 0.29) is 0 Å². The van der Waals surface area contributed by atoms with E-state index < -0.39 is 0 Å². The zero-order chi connectivity index (χ0) is 20.9. The van der Waals surface area contributed by atoms with Crippen molar-refractivity contribution in [3.8, 4) is 0 Å². The summed E-state index contributed by atoms with van der Waals surface area (Å²) in [6, 6.07) is 20.9. The molecule has 7 nitrogen and oxygen atoms in total. The Morgan fingerprint density at radius 2 is 1.83 bits per heavy atom. The molecule has 0 saturated carbocycles. The predicted octanol–water partition coefficient (Wildman–Crippen LogP) is 6.37. The molecular weight excluding hydrogens is 398 g/mol. The summed E-state index contributed by atoms with van der Waals surface area (Å²) in [6.07, 6.45) is 1.76. The van der Waals surface area contributed by atoms with Crippen molar-refractivity contribution in [2.45, 2.75) is 0 Å². The molecule has 0 aliphatic rings. The third kappa shape index (κ3) is 4.17. The maximum Gasteiger partial charge on any atom is 0.138 e. The number of anilines is 4. The van der Waals surface area contributed by atoms with Crippen LogP contribution in [0, 0.1) is 0 Å². The number of nitrogens with one attached hydrogen (secondary N) is 3. The molecule has 30 heavy (non-hydrogen) atoms. The molecule has 0 amide bonds. The number of fused-ring (bicyclic) bond motifs is 1. The Morgan fingerprint density at radius 1 is 0.967 bits per heavy atom. The van der Waals surface area contributed by atoms with Gasteiger partial charge in [-0.05, 0) is 53.9 Å². The lowest BCUT2D eigenvalue weighted by Gasteiger charge is -2.10. The van der Waals surface area contributed by atoms with Gasteiger partial charge in [0, 0.05) is 29.3 Å². The number of halogens is 1. The van der Waals surface area contributed by atoms with Gasteiger partial charge in [0.15, 0.2) is 0 Å². The molecule has 0 fully saturated rings. The van der Waals surface area contributed by atoms with E-state index in [4.69, 9.17) is 17.4 Å². The van der Waals surface area contributed by atoms with Crippen LogP contribution in [-0.2, 0) is 0 Å². The number of para-hydroxylation sites is 1. The number of pyridine rings is 1. The molecular formula is C22H20ClN7. The molecule has 0 atom stereocenters. The highest BCUT2D eigenvalue weighted by Gasteiger charge is 2.06. The van der Waals surface area contributed by atoms with Gasteiger partial charge in [0.1, 0.15) is 11.5 Å². The Labute approximate surface area is 179 Å². The second-order valence-corrected chi connectivity index (χ2v) is 6.93. The van der Waals surface area contributed by atoms with Gasteiger partial charge in [-0.15, -0.1) is 5.11 Å². The van der Waals surface area contributed by atoms with Crippen molar-refractivity contribution < 1.29 is 0 Å². The maximum atomic E-state index is 6.16. The quantitative estimate of drug-likeness (QED) is 0.166. The highest BCUT2D eigenvalue weighted by Crippen LogP contribution is 2.33. The minimum absolute atomic E-state index is 0.632. The van der Waals surface area contributed by atoms with Gasteiger partial charge in [0.05, 0.1) is 17.1 Å². The lowest BCUT2D eigenvalue weighted by molar-refractivity contribution is 1.21. The fourth-order valence-corrected chi connectivity index (χ4v) is 3.29. The molecule has 0 bridgehead atoms. The average Bonchev–Trinajstić information content (AvgIpc) is 2.78. The molecule has 0 spiro atoms. The molecule has 0 saturated heterocycles. The average molecular weight is 418 g/mol. The zero-order valence-corrected chi connectivity index (χ0v) is 17.0. The Balaban J connectivity index is 1.62. The summed E-state index contributed by atoms with van der Waals surface area (Å²) in [5, 5.41) is 17.8. The molecule has 1 aromatic heterocycles. The Morgan fingerprint density at radius 3 is 2.67 bits per heavy atom. The number of hydrazine groups is 1. The van der Waals surface area contributed by atoms with E-state index >= 15 is 0 Å². The van der Waals surface area contributed by atoms with Crippen molar-refractivity contribution in [3.05, 3.63) is 77.9 Å². The fraction of sp³-hybridized carbons (Fsp3) is 0.0455. The minimum Gasteiger partial charge on any atom is -0.386 e. The van der Waals surface area contributed by atoms with Crippen LogP contribution in [0.5, 0.6) is 0 Å². The number of hydrogen-bond donors (Lipinski definition) is 4. The summed E-state index contributed by atoms with van der Waals surface area (Å²) >= 11 is 6.16. The van der Waals surface area contributed by atoms with Crippen molar-refractivity contribution in [1.29, 1.82) is 0 Å². The number of azo groups is 1. The summed E-state index contributed by atoms with van der Waals surface area (Å²) in [5.41, 5.74) is 6.35. The van der Waals surface area contributed by atoms with Gasteiger partial charge in [0.2, 0.25) is 0 Å². The van der Waals surface area contributed by atoms with Crippen molar-refractivity contribution in [2.75, 3.05) is 23.1 Å². The summed E-state index contributed by atoms with van der Waals surface area (Å²) < 4.78 is 0. The van der Waals surface area contributed by atoms with E-state index in [0.29, 0.717) is 22.1 Å². The largest absolute Gasteiger partial charge is 0.386 e. The Kier molecular flexibility index (Phi) is 5.74. The molecule has 1 heterocycles. The minimum atomic E-state index is 0.632. The molecule has 0 unspecified atom stereocenters. The summed E-state index contributed by atoms with van der Waals surface area (Å²) in [4.78, 5) is 4.46. The second-order valence-electron chi connectivity index (χ2n) is 6.49. The Hall–Kier alpha value is -3.68. The van der Waals surface area contributed by atoms with Gasteiger partial charge in [0.25, 0.3) is 0 Å². The normalized spacial score (nSPS) is 11.0. The fourth-order valence-electron chi connectivity index (χ4n) is 3.12. The van der Waals surface area contributed by atoms with Crippen LogP contribution in [0.15, 0.2) is 83.2 Å².